The number of carbonyl (C=O) groups is 1. The number of methoxy groups -OCH3 is 1. The zero-order chi connectivity index (χ0) is 25.8. The van der Waals surface area contributed by atoms with Gasteiger partial charge in [-0.25, -0.2) is 27.9 Å². The van der Waals surface area contributed by atoms with Crippen LogP contribution >= 0.6 is 0 Å². The highest BCUT2D eigenvalue weighted by molar-refractivity contribution is 6.05. The summed E-state index contributed by atoms with van der Waals surface area (Å²) in [7, 11) is 1.20. The second-order valence-corrected chi connectivity index (χ2v) is 8.94. The number of nitrogens with zero attached hydrogens (tertiary/aromatic N) is 4. The summed E-state index contributed by atoms with van der Waals surface area (Å²) in [6.45, 7) is 0. The Hall–Kier alpha value is -4.34. The van der Waals surface area contributed by atoms with E-state index in [1.807, 2.05) is 0 Å². The maximum atomic E-state index is 15.1. The second-order valence-electron chi connectivity index (χ2n) is 8.94. The van der Waals surface area contributed by atoms with Crippen molar-refractivity contribution in [2.45, 2.75) is 19.3 Å². The Kier molecular flexibility index (Phi) is 5.40. The summed E-state index contributed by atoms with van der Waals surface area (Å²) in [6, 6.07) is 7.73. The normalized spacial score (nSPS) is 13.4. The van der Waals surface area contributed by atoms with E-state index in [0.717, 1.165) is 31.2 Å². The highest BCUT2D eigenvalue weighted by Crippen LogP contribution is 2.38. The van der Waals surface area contributed by atoms with Crippen LogP contribution in [0.1, 0.15) is 29.0 Å². The summed E-state index contributed by atoms with van der Waals surface area (Å²) in [4.78, 5) is 24.9. The van der Waals surface area contributed by atoms with Crippen LogP contribution in [0.15, 0.2) is 48.8 Å². The molecule has 37 heavy (non-hydrogen) atoms. The Morgan fingerprint density at radius 3 is 2.51 bits per heavy atom. The van der Waals surface area contributed by atoms with Crippen molar-refractivity contribution in [3.05, 3.63) is 83.6 Å². The number of imidazole rings is 1. The fraction of sp³-hybridized carbons (Fsp3) is 0.185. The molecule has 10 heteroatoms. The Labute approximate surface area is 207 Å². The van der Waals surface area contributed by atoms with Crippen LogP contribution in [0.3, 0.4) is 0 Å². The van der Waals surface area contributed by atoms with Crippen LogP contribution < -0.4 is 0 Å². The highest BCUT2D eigenvalue weighted by atomic mass is 19.2. The van der Waals surface area contributed by atoms with Crippen LogP contribution in [0.2, 0.25) is 0 Å². The van der Waals surface area contributed by atoms with Gasteiger partial charge in [0.05, 0.1) is 29.3 Å². The van der Waals surface area contributed by atoms with Gasteiger partial charge >= 0.3 is 5.97 Å². The van der Waals surface area contributed by atoms with Crippen LogP contribution in [0.25, 0.3) is 38.8 Å². The molecule has 1 aliphatic carbocycles. The maximum Gasteiger partial charge on any atom is 0.340 e. The molecule has 2 aromatic carbocycles. The molecule has 0 bridgehead atoms. The number of benzene rings is 2. The summed E-state index contributed by atoms with van der Waals surface area (Å²) in [5, 5.41) is -0.0648. The molecule has 1 fully saturated rings. The lowest BCUT2D eigenvalue weighted by molar-refractivity contribution is 0.0603. The Morgan fingerprint density at radius 1 is 1.00 bits per heavy atom. The lowest BCUT2D eigenvalue weighted by Crippen LogP contribution is -2.06. The molecule has 0 aliphatic heterocycles. The molecular weight excluding hydrogens is 488 g/mol. The Balaban J connectivity index is 1.74. The van der Waals surface area contributed by atoms with Crippen LogP contribution in [0.5, 0.6) is 0 Å². The van der Waals surface area contributed by atoms with E-state index in [1.54, 1.807) is 4.57 Å². The number of pyridine rings is 2. The summed E-state index contributed by atoms with van der Waals surface area (Å²) in [5.41, 5.74) is 0.707. The van der Waals surface area contributed by atoms with Gasteiger partial charge in [-0.2, -0.15) is 4.39 Å². The van der Waals surface area contributed by atoms with Gasteiger partial charge in [0, 0.05) is 24.4 Å². The summed E-state index contributed by atoms with van der Waals surface area (Å²) in [6.07, 6.45) is 4.96. The van der Waals surface area contributed by atoms with Crippen molar-refractivity contribution in [3.63, 3.8) is 0 Å². The van der Waals surface area contributed by atoms with Crippen LogP contribution in [-0.2, 0) is 11.2 Å². The van der Waals surface area contributed by atoms with Gasteiger partial charge in [0.1, 0.15) is 28.5 Å². The van der Waals surface area contributed by atoms with E-state index in [0.29, 0.717) is 23.7 Å². The third-order valence-corrected chi connectivity index (χ3v) is 6.57. The first kappa shape index (κ1) is 23.1. The molecule has 6 rings (SSSR count). The average Bonchev–Trinajstić information content (AvgIpc) is 3.65. The topological polar surface area (TPSA) is 69.9 Å². The smallest absolute Gasteiger partial charge is 0.340 e. The van der Waals surface area contributed by atoms with E-state index in [9.17, 15) is 18.0 Å². The molecule has 0 N–H and O–H groups in total. The third-order valence-electron chi connectivity index (χ3n) is 6.57. The molecule has 1 aliphatic rings. The van der Waals surface area contributed by atoms with E-state index in [2.05, 4.69) is 9.97 Å². The minimum atomic E-state index is -1.29. The van der Waals surface area contributed by atoms with E-state index in [1.165, 1.54) is 37.6 Å². The summed E-state index contributed by atoms with van der Waals surface area (Å²) >= 11 is 0. The van der Waals surface area contributed by atoms with E-state index < -0.39 is 29.4 Å². The van der Waals surface area contributed by atoms with Crippen molar-refractivity contribution in [2.24, 2.45) is 5.92 Å². The van der Waals surface area contributed by atoms with Gasteiger partial charge in [-0.3, -0.25) is 9.55 Å². The third kappa shape index (κ3) is 3.80. The van der Waals surface area contributed by atoms with Gasteiger partial charge in [0.15, 0.2) is 5.82 Å². The lowest BCUT2D eigenvalue weighted by atomic mass is 10.0. The second kappa shape index (κ2) is 8.65. The monoisotopic (exact) mass is 506 g/mol. The Morgan fingerprint density at radius 2 is 1.76 bits per heavy atom. The molecule has 3 aromatic heterocycles. The minimum absolute atomic E-state index is 0.0208. The first-order valence-corrected chi connectivity index (χ1v) is 11.5. The van der Waals surface area contributed by atoms with Gasteiger partial charge in [-0.1, -0.05) is 0 Å². The van der Waals surface area contributed by atoms with E-state index >= 15 is 4.39 Å². The number of carbonyl (C=O) groups excluding carboxylic acids is 1. The summed E-state index contributed by atoms with van der Waals surface area (Å²) < 4.78 is 65.0. The molecule has 0 atom stereocenters. The van der Waals surface area contributed by atoms with Gasteiger partial charge in [0.2, 0.25) is 5.95 Å². The molecular formula is C27H18F4N4O2. The van der Waals surface area contributed by atoms with Crippen molar-refractivity contribution < 1.29 is 27.1 Å². The number of esters is 1. The fourth-order valence-corrected chi connectivity index (χ4v) is 4.64. The van der Waals surface area contributed by atoms with Gasteiger partial charge < -0.3 is 4.74 Å². The van der Waals surface area contributed by atoms with Crippen molar-refractivity contribution in [1.29, 1.82) is 0 Å². The Bertz CT molecular complexity index is 1730. The highest BCUT2D eigenvalue weighted by Gasteiger charge is 2.29. The van der Waals surface area contributed by atoms with Crippen molar-refractivity contribution in [3.8, 4) is 16.8 Å². The zero-order valence-electron chi connectivity index (χ0n) is 19.4. The van der Waals surface area contributed by atoms with Crippen molar-refractivity contribution in [2.75, 3.05) is 7.11 Å². The number of rotatable bonds is 5. The number of ether oxygens (including phenoxy) is 1. The standard InChI is InChI=1S/C27H18F4N4O2/c1-37-27(36)16-11-14(15-6-8-33-26(31)23(15)30)12-20-24(16)34-21(10-13-2-3-13)35(20)19-7-9-32-25-18(29)5-4-17(28)22(19)25/h4-9,11-13H,2-3,10H2,1H3. The van der Waals surface area contributed by atoms with E-state index in [4.69, 9.17) is 9.72 Å². The molecule has 1 saturated carbocycles. The number of hydrogen-bond donors (Lipinski definition) is 0. The predicted molar refractivity (Wildman–Crippen MR) is 127 cm³/mol. The minimum Gasteiger partial charge on any atom is -0.465 e. The number of fused-ring (bicyclic) bond motifs is 2. The molecule has 0 unspecified atom stereocenters. The molecule has 3 heterocycles. The lowest BCUT2D eigenvalue weighted by Gasteiger charge is -2.14. The first-order valence-electron chi connectivity index (χ1n) is 11.5. The molecule has 6 nitrogen and oxygen atoms in total. The van der Waals surface area contributed by atoms with Gasteiger partial charge in [-0.05, 0) is 60.7 Å². The van der Waals surface area contributed by atoms with Crippen molar-refractivity contribution in [1.82, 2.24) is 19.5 Å². The molecule has 0 amide bonds. The quantitative estimate of drug-likeness (QED) is 0.168. The molecule has 186 valence electrons. The largest absolute Gasteiger partial charge is 0.465 e. The summed E-state index contributed by atoms with van der Waals surface area (Å²) in [5.74, 6) is -3.75. The molecule has 0 radical (unpaired) electrons. The van der Waals surface area contributed by atoms with E-state index in [-0.39, 0.29) is 38.8 Å². The zero-order valence-corrected chi connectivity index (χ0v) is 19.4. The molecule has 0 spiro atoms. The molecule has 5 aromatic rings. The number of halogens is 4. The molecule has 0 saturated heterocycles. The van der Waals surface area contributed by atoms with Gasteiger partial charge in [-0.15, -0.1) is 0 Å². The SMILES string of the molecule is COC(=O)c1cc(-c2ccnc(F)c2F)cc2c1nc(CC1CC1)n2-c1ccnc2c(F)ccc(F)c12. The van der Waals surface area contributed by atoms with Crippen molar-refractivity contribution >= 4 is 27.9 Å². The van der Waals surface area contributed by atoms with Crippen LogP contribution in [-0.4, -0.2) is 32.6 Å². The average molecular weight is 506 g/mol. The fourth-order valence-electron chi connectivity index (χ4n) is 4.64. The number of hydrogen-bond acceptors (Lipinski definition) is 5. The predicted octanol–water partition coefficient (Wildman–Crippen LogP) is 5.93. The first-order chi connectivity index (χ1) is 17.9. The number of aromatic nitrogens is 4. The van der Waals surface area contributed by atoms with Crippen LogP contribution in [0.4, 0.5) is 17.6 Å². The maximum absolute atomic E-state index is 15.1. The van der Waals surface area contributed by atoms with Gasteiger partial charge in [0.25, 0.3) is 0 Å². The van der Waals surface area contributed by atoms with Crippen LogP contribution in [0, 0.1) is 29.3 Å².